The minimum Gasteiger partial charge on any atom is -0.512 e. The minimum absolute atomic E-state index is 0.0386. The van der Waals surface area contributed by atoms with Gasteiger partial charge in [-0.15, -0.1) is 45.3 Å². The summed E-state index contributed by atoms with van der Waals surface area (Å²) in [5, 5.41) is 25.2. The van der Waals surface area contributed by atoms with Crippen molar-refractivity contribution in [1.82, 2.24) is 19.9 Å². The van der Waals surface area contributed by atoms with Gasteiger partial charge >= 0.3 is 0 Å². The number of aliphatic hydroxyl groups excluding tert-OH is 2. The number of aliphatic hydroxyl groups is 2. The number of benzene rings is 2. The molecule has 10 aromatic rings. The summed E-state index contributed by atoms with van der Waals surface area (Å²) in [6.07, 6.45) is 14.1. The number of carbonyl (C=O) groups is 2. The SMILES string of the molecule is CC(=O)/C(=C(/C)O)c1ccc(-c2cc(-c3cc(/C=C/c4cc5c(s4)-c4sccc4C5)ccn3)nc(-c3cc(-c4ccc(/C(C(C)=O)=C(\C)O)cc4)cc(-c4cc(/C=C/c5cc6c(s5)-c5sccc5C6)ccn4)n3)c2)cc1. The number of carbonyl (C=O) groups excluding carboxylic acids is 2. The molecule has 0 bridgehead atoms. The maximum atomic E-state index is 12.6. The normalized spacial score (nSPS) is 13.2. The first-order valence-electron chi connectivity index (χ1n) is 24.6. The number of hydrogen-bond acceptors (Lipinski definition) is 12. The Morgan fingerprint density at radius 3 is 1.21 bits per heavy atom. The number of Topliss-reactive ketones (excluding diaryl/α,β-unsaturated/α-hetero) is 2. The zero-order valence-corrected chi connectivity index (χ0v) is 45.0. The minimum atomic E-state index is -0.226. The fraction of sp³-hybridized carbons (Fsp3) is 0.0938. The lowest BCUT2D eigenvalue weighted by Crippen LogP contribution is -2.00. The van der Waals surface area contributed by atoms with Crippen LogP contribution >= 0.6 is 45.3 Å². The van der Waals surface area contributed by atoms with Gasteiger partial charge in [-0.05, 0) is 190 Å². The number of aromatic nitrogens is 4. The Balaban J connectivity index is 0.963. The first kappa shape index (κ1) is 48.7. The second kappa shape index (κ2) is 20.1. The maximum absolute atomic E-state index is 12.6. The molecule has 0 saturated heterocycles. The number of allylic oxidation sites excluding steroid dienone is 4. The van der Waals surface area contributed by atoms with Gasteiger partial charge in [0.15, 0.2) is 11.6 Å². The Hall–Kier alpha value is -8.26. The summed E-state index contributed by atoms with van der Waals surface area (Å²) in [6, 6.07) is 40.3. The molecule has 0 saturated carbocycles. The van der Waals surface area contributed by atoms with Crippen molar-refractivity contribution in [3.8, 4) is 75.9 Å². The third kappa shape index (κ3) is 9.56. The molecule has 0 unspecified atom stereocenters. The van der Waals surface area contributed by atoms with Gasteiger partial charge in [-0.1, -0.05) is 60.7 Å². The highest BCUT2D eigenvalue weighted by molar-refractivity contribution is 7.23. The van der Waals surface area contributed by atoms with Crippen LogP contribution in [0, 0.1) is 0 Å². The molecule has 76 heavy (non-hydrogen) atoms. The summed E-state index contributed by atoms with van der Waals surface area (Å²) in [4.78, 5) is 53.5. The predicted octanol–water partition coefficient (Wildman–Crippen LogP) is 17.1. The van der Waals surface area contributed by atoms with E-state index in [1.165, 1.54) is 79.2 Å². The zero-order chi connectivity index (χ0) is 52.2. The van der Waals surface area contributed by atoms with Crippen molar-refractivity contribution in [3.05, 3.63) is 210 Å². The maximum Gasteiger partial charge on any atom is 0.163 e. The summed E-state index contributed by atoms with van der Waals surface area (Å²) in [6.45, 7) is 5.94. The van der Waals surface area contributed by atoms with E-state index in [0.717, 1.165) is 46.2 Å². The van der Waals surface area contributed by atoms with Gasteiger partial charge in [0.1, 0.15) is 11.5 Å². The largest absolute Gasteiger partial charge is 0.512 e. The summed E-state index contributed by atoms with van der Waals surface area (Å²) < 4.78 is 0. The number of pyridine rings is 4. The molecule has 0 radical (unpaired) electrons. The van der Waals surface area contributed by atoms with Crippen LogP contribution in [0.15, 0.2) is 156 Å². The van der Waals surface area contributed by atoms with Gasteiger partial charge in [0.05, 0.1) is 45.3 Å². The highest BCUT2D eigenvalue weighted by Crippen LogP contribution is 2.47. The Bertz CT molecular complexity index is 3830. The molecule has 2 aliphatic carbocycles. The van der Waals surface area contributed by atoms with Crippen molar-refractivity contribution in [2.45, 2.75) is 40.5 Å². The molecule has 8 heterocycles. The van der Waals surface area contributed by atoms with Gasteiger partial charge in [-0.3, -0.25) is 19.6 Å². The van der Waals surface area contributed by atoms with Crippen LogP contribution < -0.4 is 0 Å². The third-order valence-corrected chi connectivity index (χ3v) is 18.2. The molecule has 0 amide bonds. The molecule has 2 N–H and O–H groups in total. The quantitative estimate of drug-likeness (QED) is 0.0864. The molecular weight excluding hydrogens is 1020 g/mol. The van der Waals surface area contributed by atoms with E-state index in [4.69, 9.17) is 19.9 Å². The molecular formula is C64H46N4O4S4. The van der Waals surface area contributed by atoms with Crippen LogP contribution in [-0.4, -0.2) is 41.7 Å². The van der Waals surface area contributed by atoms with Crippen LogP contribution in [0.1, 0.15) is 82.0 Å². The van der Waals surface area contributed by atoms with Gasteiger partial charge < -0.3 is 10.2 Å². The summed E-state index contributed by atoms with van der Waals surface area (Å²) in [5.41, 5.74) is 16.5. The molecule has 2 aromatic carbocycles. The van der Waals surface area contributed by atoms with E-state index in [9.17, 15) is 19.8 Å². The zero-order valence-electron chi connectivity index (χ0n) is 41.7. The summed E-state index contributed by atoms with van der Waals surface area (Å²) in [5.74, 6) is -0.530. The third-order valence-electron chi connectivity index (χ3n) is 13.7. The molecule has 2 aliphatic rings. The lowest BCUT2D eigenvalue weighted by molar-refractivity contribution is -0.112. The van der Waals surface area contributed by atoms with Crippen molar-refractivity contribution < 1.29 is 19.8 Å². The second-order valence-electron chi connectivity index (χ2n) is 19.0. The fourth-order valence-corrected chi connectivity index (χ4v) is 14.6. The van der Waals surface area contributed by atoms with Gasteiger partial charge in [-0.25, -0.2) is 9.97 Å². The number of fused-ring (bicyclic) bond motifs is 6. The molecule has 12 heteroatoms. The van der Waals surface area contributed by atoms with E-state index >= 15 is 0 Å². The first-order chi connectivity index (χ1) is 36.9. The number of nitrogens with zero attached hydrogens (tertiary/aromatic N) is 4. The van der Waals surface area contributed by atoms with Crippen LogP contribution in [-0.2, 0) is 22.4 Å². The van der Waals surface area contributed by atoms with Crippen molar-refractivity contribution >= 4 is 92.4 Å². The van der Waals surface area contributed by atoms with Crippen LogP contribution in [0.3, 0.4) is 0 Å². The van der Waals surface area contributed by atoms with E-state index in [1.807, 2.05) is 142 Å². The molecule has 0 atom stereocenters. The number of thiophene rings is 4. The predicted molar refractivity (Wildman–Crippen MR) is 315 cm³/mol. The van der Waals surface area contributed by atoms with E-state index in [0.29, 0.717) is 45.3 Å². The van der Waals surface area contributed by atoms with Gasteiger partial charge in [0.2, 0.25) is 0 Å². The molecule has 370 valence electrons. The molecule has 0 fully saturated rings. The highest BCUT2D eigenvalue weighted by Gasteiger charge is 2.24. The van der Waals surface area contributed by atoms with Crippen LogP contribution in [0.4, 0.5) is 0 Å². The van der Waals surface area contributed by atoms with Crippen LogP contribution in [0.5, 0.6) is 0 Å². The fourth-order valence-electron chi connectivity index (χ4n) is 10.1. The monoisotopic (exact) mass is 1060 g/mol. The van der Waals surface area contributed by atoms with Gasteiger partial charge in [-0.2, -0.15) is 0 Å². The smallest absolute Gasteiger partial charge is 0.163 e. The number of hydrogen-bond donors (Lipinski definition) is 2. The number of ketones is 2. The second-order valence-corrected chi connectivity index (χ2v) is 23.0. The van der Waals surface area contributed by atoms with Gasteiger partial charge in [0, 0.05) is 54.5 Å². The Kier molecular flexibility index (Phi) is 12.9. The van der Waals surface area contributed by atoms with E-state index in [1.54, 1.807) is 12.4 Å². The van der Waals surface area contributed by atoms with Crippen molar-refractivity contribution in [2.75, 3.05) is 0 Å². The average Bonchev–Trinajstić information content (AvgIpc) is 4.29. The Labute approximate surface area is 455 Å². The lowest BCUT2D eigenvalue weighted by Gasteiger charge is -2.14. The molecule has 0 aliphatic heterocycles. The lowest BCUT2D eigenvalue weighted by atomic mass is 9.96. The Morgan fingerprint density at radius 1 is 0.434 bits per heavy atom. The first-order valence-corrected chi connectivity index (χ1v) is 28.0. The van der Waals surface area contributed by atoms with Crippen molar-refractivity contribution in [2.24, 2.45) is 0 Å². The molecule has 0 spiro atoms. The average molecular weight is 1060 g/mol. The van der Waals surface area contributed by atoms with Crippen LogP contribution in [0.2, 0.25) is 0 Å². The number of rotatable bonds is 13. The van der Waals surface area contributed by atoms with Crippen molar-refractivity contribution in [1.29, 1.82) is 0 Å². The summed E-state index contributed by atoms with van der Waals surface area (Å²) >= 11 is 7.26. The molecule has 12 rings (SSSR count). The standard InChI is InChI=1S/C64H46N4O4S4/c1-35(69)59(36(2)70)43-11-7-41(8-12-43)47-31-55(53-25-39(17-21-65-53)5-15-51-29-49-27-45-19-23-73-61(45)63(49)75-51)67-57(33-47)58-34-48(42-9-13-44(14-10-42)60(37(3)71)38(4)72)32-56(68-58)54-26-40(18-22-66-54)6-16-52-30-50-28-46-20-24-74-62(46)64(50)76-52/h5-26,29-34,69,71H,27-28H2,1-4H3/b15-5+,16-6+,59-35+,60-37+. The topological polar surface area (TPSA) is 126 Å². The van der Waals surface area contributed by atoms with E-state index in [2.05, 4.69) is 59.3 Å². The summed E-state index contributed by atoms with van der Waals surface area (Å²) in [7, 11) is 0. The van der Waals surface area contributed by atoms with Crippen LogP contribution in [0.25, 0.3) is 111 Å². The van der Waals surface area contributed by atoms with E-state index < -0.39 is 0 Å². The Morgan fingerprint density at radius 2 is 0.829 bits per heavy atom. The molecule has 8 aromatic heterocycles. The molecule has 8 nitrogen and oxygen atoms in total. The highest BCUT2D eigenvalue weighted by atomic mass is 32.1. The van der Waals surface area contributed by atoms with Crippen molar-refractivity contribution in [3.63, 3.8) is 0 Å². The van der Waals surface area contributed by atoms with Gasteiger partial charge in [0.25, 0.3) is 0 Å². The van der Waals surface area contributed by atoms with E-state index in [-0.39, 0.29) is 34.2 Å².